The SMILES string of the molecule is Cn1[nH]c(=O)c(=O)nc1Sc1nc(Cl)cs1. The van der Waals surface area contributed by atoms with Gasteiger partial charge < -0.3 is 0 Å². The molecule has 2 aromatic rings. The zero-order chi connectivity index (χ0) is 11.7. The molecule has 0 aliphatic carbocycles. The number of hydrogen-bond acceptors (Lipinski definition) is 6. The topological polar surface area (TPSA) is 80.6 Å². The van der Waals surface area contributed by atoms with Gasteiger partial charge in [0.2, 0.25) is 0 Å². The van der Waals surface area contributed by atoms with Crippen molar-refractivity contribution in [1.29, 1.82) is 0 Å². The first-order valence-electron chi connectivity index (χ1n) is 4.02. The van der Waals surface area contributed by atoms with E-state index in [1.807, 2.05) is 0 Å². The highest BCUT2D eigenvalue weighted by molar-refractivity contribution is 8.00. The third-order valence-electron chi connectivity index (χ3n) is 1.58. The third-order valence-corrected chi connectivity index (χ3v) is 3.89. The van der Waals surface area contributed by atoms with Gasteiger partial charge in [-0.2, -0.15) is 4.98 Å². The molecule has 0 saturated carbocycles. The Bertz CT molecular complexity index is 632. The van der Waals surface area contributed by atoms with Crippen LogP contribution in [0.5, 0.6) is 0 Å². The molecule has 0 atom stereocenters. The van der Waals surface area contributed by atoms with E-state index < -0.39 is 11.1 Å². The van der Waals surface area contributed by atoms with E-state index in [1.54, 1.807) is 12.4 Å². The molecule has 0 fully saturated rings. The number of hydrogen-bond donors (Lipinski definition) is 1. The number of thiazole rings is 1. The summed E-state index contributed by atoms with van der Waals surface area (Å²) >= 11 is 8.16. The first-order chi connectivity index (χ1) is 7.56. The number of nitrogens with one attached hydrogen (secondary N) is 1. The molecule has 0 aliphatic rings. The van der Waals surface area contributed by atoms with Crippen LogP contribution in [0.4, 0.5) is 0 Å². The molecule has 0 amide bonds. The highest BCUT2D eigenvalue weighted by atomic mass is 35.5. The molecule has 0 saturated heterocycles. The zero-order valence-electron chi connectivity index (χ0n) is 7.93. The number of halogens is 1. The van der Waals surface area contributed by atoms with E-state index in [9.17, 15) is 9.59 Å². The smallest absolute Gasteiger partial charge is 0.265 e. The van der Waals surface area contributed by atoms with Gasteiger partial charge in [0.05, 0.1) is 0 Å². The summed E-state index contributed by atoms with van der Waals surface area (Å²) in [7, 11) is 1.59. The molecular formula is C7H5ClN4O2S2. The van der Waals surface area contributed by atoms with Gasteiger partial charge in [-0.15, -0.1) is 11.3 Å². The molecule has 1 N–H and O–H groups in total. The predicted octanol–water partition coefficient (Wildman–Crippen LogP) is 0.730. The molecule has 0 unspecified atom stereocenters. The van der Waals surface area contributed by atoms with Crippen molar-refractivity contribution in [3.05, 3.63) is 31.2 Å². The lowest BCUT2D eigenvalue weighted by molar-refractivity contribution is 0.596. The minimum atomic E-state index is -0.816. The van der Waals surface area contributed by atoms with Crippen LogP contribution >= 0.6 is 34.7 Å². The molecule has 6 nitrogen and oxygen atoms in total. The second-order valence-corrected chi connectivity index (χ2v) is 5.20. The lowest BCUT2D eigenvalue weighted by Crippen LogP contribution is -2.33. The van der Waals surface area contributed by atoms with Gasteiger partial charge in [-0.3, -0.25) is 19.4 Å². The van der Waals surface area contributed by atoms with Gasteiger partial charge in [-0.05, 0) is 11.8 Å². The molecule has 0 spiro atoms. The molecule has 84 valence electrons. The van der Waals surface area contributed by atoms with Crippen LogP contribution < -0.4 is 11.1 Å². The highest BCUT2D eigenvalue weighted by Gasteiger charge is 2.08. The average molecular weight is 277 g/mol. The molecule has 0 bridgehead atoms. The van der Waals surface area contributed by atoms with Crippen molar-refractivity contribution in [3.63, 3.8) is 0 Å². The second kappa shape index (κ2) is 4.40. The van der Waals surface area contributed by atoms with Gasteiger partial charge in [-0.25, -0.2) is 4.98 Å². The summed E-state index contributed by atoms with van der Waals surface area (Å²) in [6.45, 7) is 0. The second-order valence-electron chi connectivity index (χ2n) is 2.74. The first-order valence-corrected chi connectivity index (χ1v) is 6.10. The summed E-state index contributed by atoms with van der Waals surface area (Å²) in [4.78, 5) is 29.6. The minimum absolute atomic E-state index is 0.357. The van der Waals surface area contributed by atoms with Gasteiger partial charge in [-0.1, -0.05) is 11.6 Å². The van der Waals surface area contributed by atoms with Crippen molar-refractivity contribution in [3.8, 4) is 0 Å². The minimum Gasteiger partial charge on any atom is -0.265 e. The number of rotatable bonds is 2. The fraction of sp³-hybridized carbons (Fsp3) is 0.143. The highest BCUT2D eigenvalue weighted by Crippen LogP contribution is 2.28. The Morgan fingerprint density at radius 2 is 2.25 bits per heavy atom. The fourth-order valence-corrected chi connectivity index (χ4v) is 2.81. The fourth-order valence-electron chi connectivity index (χ4n) is 0.916. The largest absolute Gasteiger partial charge is 0.339 e. The van der Waals surface area contributed by atoms with Crippen molar-refractivity contribution in [2.75, 3.05) is 0 Å². The van der Waals surface area contributed by atoms with E-state index in [4.69, 9.17) is 11.6 Å². The molecule has 0 radical (unpaired) electrons. The summed E-state index contributed by atoms with van der Waals surface area (Å²) in [6.07, 6.45) is 0. The molecule has 0 aromatic carbocycles. The maximum absolute atomic E-state index is 11.1. The van der Waals surface area contributed by atoms with Gasteiger partial charge in [0.25, 0.3) is 0 Å². The predicted molar refractivity (Wildman–Crippen MR) is 61.3 cm³/mol. The van der Waals surface area contributed by atoms with Crippen molar-refractivity contribution < 1.29 is 0 Å². The Morgan fingerprint density at radius 3 is 2.88 bits per heavy atom. The van der Waals surface area contributed by atoms with Crippen LogP contribution in [0.15, 0.2) is 24.5 Å². The summed E-state index contributed by atoms with van der Waals surface area (Å²) in [5.41, 5.74) is -1.56. The van der Waals surface area contributed by atoms with Crippen LogP contribution in [0.3, 0.4) is 0 Å². The van der Waals surface area contributed by atoms with Crippen LogP contribution in [0.25, 0.3) is 0 Å². The van der Waals surface area contributed by atoms with Crippen LogP contribution in [-0.2, 0) is 7.05 Å². The van der Waals surface area contributed by atoms with Crippen molar-refractivity contribution in [2.45, 2.75) is 9.50 Å². The Kier molecular flexibility index (Phi) is 3.13. The Hall–Kier alpha value is -1.12. The zero-order valence-corrected chi connectivity index (χ0v) is 10.3. The summed E-state index contributed by atoms with van der Waals surface area (Å²) in [5.74, 6) is 0. The van der Waals surface area contributed by atoms with Gasteiger partial charge in [0.1, 0.15) is 5.15 Å². The number of aromatic nitrogens is 4. The van der Waals surface area contributed by atoms with E-state index >= 15 is 0 Å². The van der Waals surface area contributed by atoms with Gasteiger partial charge in [0, 0.05) is 12.4 Å². The Balaban J connectivity index is 2.38. The maximum atomic E-state index is 11.1. The molecule has 2 aromatic heterocycles. The summed E-state index contributed by atoms with van der Waals surface area (Å²) < 4.78 is 2.02. The molecule has 9 heteroatoms. The summed E-state index contributed by atoms with van der Waals surface area (Å²) in [5, 5.41) is 4.77. The third kappa shape index (κ3) is 2.34. The standard InChI is InChI=1S/C7H5ClN4O2S2/c1-12-6(10-4(13)5(14)11-12)16-7-9-3(8)2-15-7/h2H,1H3,(H,11,14). The molecule has 2 heterocycles. The van der Waals surface area contributed by atoms with Gasteiger partial charge in [0.15, 0.2) is 9.50 Å². The molecular weight excluding hydrogens is 272 g/mol. The lowest BCUT2D eigenvalue weighted by atomic mass is 10.8. The molecule has 2 rings (SSSR count). The van der Waals surface area contributed by atoms with E-state index in [1.165, 1.54) is 16.0 Å². The van der Waals surface area contributed by atoms with E-state index in [0.29, 0.717) is 14.6 Å². The first kappa shape index (κ1) is 11.4. The normalized spacial score (nSPS) is 10.6. The number of aromatic amines is 1. The van der Waals surface area contributed by atoms with Crippen molar-refractivity contribution in [2.24, 2.45) is 7.05 Å². The Labute approximate surface area is 102 Å². The lowest BCUT2D eigenvalue weighted by Gasteiger charge is -2.02. The maximum Gasteiger partial charge on any atom is 0.339 e. The van der Waals surface area contributed by atoms with Crippen LogP contribution in [0.2, 0.25) is 5.15 Å². The quantitative estimate of drug-likeness (QED) is 0.818. The van der Waals surface area contributed by atoms with Crippen LogP contribution in [0, 0.1) is 0 Å². The van der Waals surface area contributed by atoms with Crippen LogP contribution in [0.1, 0.15) is 0 Å². The average Bonchev–Trinajstić information content (AvgIpc) is 2.60. The number of aryl methyl sites for hydroxylation is 1. The molecule has 0 aliphatic heterocycles. The van der Waals surface area contributed by atoms with Crippen molar-refractivity contribution in [1.82, 2.24) is 19.7 Å². The number of nitrogens with zero attached hydrogens (tertiary/aromatic N) is 3. The van der Waals surface area contributed by atoms with Crippen molar-refractivity contribution >= 4 is 34.7 Å². The Morgan fingerprint density at radius 1 is 1.50 bits per heavy atom. The monoisotopic (exact) mass is 276 g/mol. The van der Waals surface area contributed by atoms with E-state index in [0.717, 1.165) is 11.8 Å². The van der Waals surface area contributed by atoms with E-state index in [-0.39, 0.29) is 0 Å². The van der Waals surface area contributed by atoms with Crippen LogP contribution in [-0.4, -0.2) is 19.7 Å². The molecule has 16 heavy (non-hydrogen) atoms. The number of H-pyrrole nitrogens is 1. The summed E-state index contributed by atoms with van der Waals surface area (Å²) in [6, 6.07) is 0. The van der Waals surface area contributed by atoms with Gasteiger partial charge >= 0.3 is 11.1 Å². The van der Waals surface area contributed by atoms with E-state index in [2.05, 4.69) is 15.1 Å².